The summed E-state index contributed by atoms with van der Waals surface area (Å²) in [5.41, 5.74) is 2.70. The number of rotatable bonds is 6. The molecule has 1 aromatic rings. The largest absolute Gasteiger partial charge is 0.381 e. The molecular weight excluding hydrogens is 401 g/mol. The van der Waals surface area contributed by atoms with Gasteiger partial charge < -0.3 is 15.0 Å². The fourth-order valence-corrected chi connectivity index (χ4v) is 2.89. The number of nitrogens with zero attached hydrogens (tertiary/aromatic N) is 2. The van der Waals surface area contributed by atoms with Crippen molar-refractivity contribution < 1.29 is 4.74 Å². The lowest BCUT2D eigenvalue weighted by molar-refractivity contribution is 0.181. The highest BCUT2D eigenvalue weighted by Gasteiger charge is 2.19. The number of halogens is 1. The van der Waals surface area contributed by atoms with E-state index in [-0.39, 0.29) is 24.0 Å². The van der Waals surface area contributed by atoms with E-state index >= 15 is 0 Å². The Bertz CT molecular complexity index is 487. The lowest BCUT2D eigenvalue weighted by Crippen LogP contribution is -2.41. The highest BCUT2D eigenvalue weighted by atomic mass is 127. The molecule has 1 atom stereocenters. The number of hydrogen-bond donors (Lipinski definition) is 1. The Hall–Kier alpha value is -0.820. The Morgan fingerprint density at radius 2 is 2.04 bits per heavy atom. The Labute approximate surface area is 157 Å². The van der Waals surface area contributed by atoms with Gasteiger partial charge >= 0.3 is 0 Å². The van der Waals surface area contributed by atoms with Crippen molar-refractivity contribution in [3.63, 3.8) is 0 Å². The molecule has 1 aliphatic rings. The van der Waals surface area contributed by atoms with Crippen LogP contribution in [0.4, 0.5) is 0 Å². The molecule has 0 aliphatic carbocycles. The van der Waals surface area contributed by atoms with Gasteiger partial charge in [-0.05, 0) is 30.9 Å². The van der Waals surface area contributed by atoms with Crippen molar-refractivity contribution in [1.82, 2.24) is 10.2 Å². The molecule has 1 fully saturated rings. The molecule has 1 N–H and O–H groups in total. The van der Waals surface area contributed by atoms with Crippen molar-refractivity contribution in [2.75, 3.05) is 33.4 Å². The summed E-state index contributed by atoms with van der Waals surface area (Å²) in [5, 5.41) is 3.40. The number of ether oxygens (including phenoxy) is 1. The Morgan fingerprint density at radius 1 is 1.30 bits per heavy atom. The molecule has 0 spiro atoms. The molecule has 1 heterocycles. The molecule has 0 saturated carbocycles. The van der Waals surface area contributed by atoms with E-state index < -0.39 is 0 Å². The van der Waals surface area contributed by atoms with Gasteiger partial charge in [0.05, 0.1) is 13.2 Å². The third kappa shape index (κ3) is 6.30. The van der Waals surface area contributed by atoms with E-state index in [4.69, 9.17) is 9.73 Å². The Morgan fingerprint density at radius 3 is 2.65 bits per heavy atom. The van der Waals surface area contributed by atoms with Gasteiger partial charge in [-0.3, -0.25) is 0 Å². The van der Waals surface area contributed by atoms with Gasteiger partial charge in [0.15, 0.2) is 5.96 Å². The molecule has 5 heteroatoms. The summed E-state index contributed by atoms with van der Waals surface area (Å²) in [6.07, 6.45) is 2.21. The number of guanidine groups is 1. The summed E-state index contributed by atoms with van der Waals surface area (Å²) in [5.74, 6) is 1.61. The zero-order valence-corrected chi connectivity index (χ0v) is 16.9. The van der Waals surface area contributed by atoms with Gasteiger partial charge in [0, 0.05) is 32.7 Å². The quantitative estimate of drug-likeness (QED) is 0.427. The molecule has 4 nitrogen and oxygen atoms in total. The van der Waals surface area contributed by atoms with Crippen molar-refractivity contribution >= 4 is 29.9 Å². The zero-order chi connectivity index (χ0) is 15.8. The van der Waals surface area contributed by atoms with Crippen LogP contribution in [-0.2, 0) is 17.7 Å². The van der Waals surface area contributed by atoms with E-state index in [1.807, 2.05) is 0 Å². The minimum atomic E-state index is 0. The number of aliphatic imine (C=N–C) groups is 1. The summed E-state index contributed by atoms with van der Waals surface area (Å²) in [4.78, 5) is 7.06. The van der Waals surface area contributed by atoms with Crippen LogP contribution in [0.15, 0.2) is 29.3 Å². The summed E-state index contributed by atoms with van der Waals surface area (Å²) >= 11 is 0. The molecule has 0 aromatic heterocycles. The average molecular weight is 431 g/mol. The molecule has 0 radical (unpaired) electrons. The summed E-state index contributed by atoms with van der Waals surface area (Å²) in [7, 11) is 2.12. The standard InChI is InChI=1S/C18H29N3O.HI/c1-4-16-8-6-7-9-17(16)12-20-18(19-5-2)21(3)13-15-10-11-22-14-15;/h6-9,15H,4-5,10-14H2,1-3H3,(H,19,20);1H. The third-order valence-electron chi connectivity index (χ3n) is 4.15. The molecule has 2 rings (SSSR count). The predicted octanol–water partition coefficient (Wildman–Crippen LogP) is 3.30. The summed E-state index contributed by atoms with van der Waals surface area (Å²) in [6, 6.07) is 8.56. The van der Waals surface area contributed by atoms with Gasteiger partial charge in [-0.15, -0.1) is 24.0 Å². The third-order valence-corrected chi connectivity index (χ3v) is 4.15. The first-order valence-corrected chi connectivity index (χ1v) is 8.38. The maximum Gasteiger partial charge on any atom is 0.193 e. The number of benzene rings is 1. The van der Waals surface area contributed by atoms with Gasteiger partial charge in [0.1, 0.15) is 0 Å². The van der Waals surface area contributed by atoms with Crippen molar-refractivity contribution in [1.29, 1.82) is 0 Å². The topological polar surface area (TPSA) is 36.9 Å². The van der Waals surface area contributed by atoms with Crippen LogP contribution in [-0.4, -0.2) is 44.2 Å². The highest BCUT2D eigenvalue weighted by Crippen LogP contribution is 2.14. The maximum absolute atomic E-state index is 5.47. The van der Waals surface area contributed by atoms with E-state index in [9.17, 15) is 0 Å². The number of hydrogen-bond acceptors (Lipinski definition) is 2. The average Bonchev–Trinajstić information content (AvgIpc) is 3.04. The van der Waals surface area contributed by atoms with E-state index in [1.54, 1.807) is 0 Å². The minimum absolute atomic E-state index is 0. The van der Waals surface area contributed by atoms with Gasteiger partial charge in [0.25, 0.3) is 0 Å². The molecule has 1 aromatic carbocycles. The zero-order valence-electron chi connectivity index (χ0n) is 14.5. The number of aryl methyl sites for hydroxylation is 1. The fourth-order valence-electron chi connectivity index (χ4n) is 2.89. The van der Waals surface area contributed by atoms with Gasteiger partial charge in [-0.2, -0.15) is 0 Å². The Kier molecular flexibility index (Phi) is 9.55. The highest BCUT2D eigenvalue weighted by molar-refractivity contribution is 14.0. The van der Waals surface area contributed by atoms with Crippen LogP contribution in [0.2, 0.25) is 0 Å². The van der Waals surface area contributed by atoms with Crippen LogP contribution in [0, 0.1) is 5.92 Å². The monoisotopic (exact) mass is 431 g/mol. The van der Waals surface area contributed by atoms with Crippen LogP contribution in [0.25, 0.3) is 0 Å². The van der Waals surface area contributed by atoms with Crippen molar-refractivity contribution in [2.24, 2.45) is 10.9 Å². The first-order chi connectivity index (χ1) is 10.7. The second-order valence-electron chi connectivity index (χ2n) is 5.90. The van der Waals surface area contributed by atoms with E-state index in [1.165, 1.54) is 11.1 Å². The van der Waals surface area contributed by atoms with Crippen LogP contribution in [0.3, 0.4) is 0 Å². The first kappa shape index (κ1) is 20.2. The SMILES string of the molecule is CCNC(=NCc1ccccc1CC)N(C)CC1CCOC1.I. The van der Waals surface area contributed by atoms with Gasteiger partial charge in [0.2, 0.25) is 0 Å². The molecule has 1 unspecified atom stereocenters. The molecule has 130 valence electrons. The molecule has 23 heavy (non-hydrogen) atoms. The molecule has 1 saturated heterocycles. The molecule has 0 bridgehead atoms. The van der Waals surface area contributed by atoms with Crippen LogP contribution < -0.4 is 5.32 Å². The maximum atomic E-state index is 5.47. The molecule has 1 aliphatic heterocycles. The lowest BCUT2D eigenvalue weighted by Gasteiger charge is -2.24. The minimum Gasteiger partial charge on any atom is -0.381 e. The van der Waals surface area contributed by atoms with Crippen LogP contribution >= 0.6 is 24.0 Å². The van der Waals surface area contributed by atoms with Crippen molar-refractivity contribution in [2.45, 2.75) is 33.2 Å². The van der Waals surface area contributed by atoms with Crippen LogP contribution in [0.5, 0.6) is 0 Å². The molecule has 0 amide bonds. The summed E-state index contributed by atoms with van der Waals surface area (Å²) in [6.45, 7) is 8.71. The normalized spacial score (nSPS) is 17.7. The van der Waals surface area contributed by atoms with Gasteiger partial charge in [-0.25, -0.2) is 4.99 Å². The van der Waals surface area contributed by atoms with Crippen LogP contribution in [0.1, 0.15) is 31.4 Å². The van der Waals surface area contributed by atoms with E-state index in [2.05, 4.69) is 55.4 Å². The van der Waals surface area contributed by atoms with Crippen molar-refractivity contribution in [3.05, 3.63) is 35.4 Å². The first-order valence-electron chi connectivity index (χ1n) is 8.38. The second kappa shape index (κ2) is 10.9. The lowest BCUT2D eigenvalue weighted by atomic mass is 10.1. The smallest absolute Gasteiger partial charge is 0.193 e. The van der Waals surface area contributed by atoms with Gasteiger partial charge in [-0.1, -0.05) is 31.2 Å². The fraction of sp³-hybridized carbons (Fsp3) is 0.611. The summed E-state index contributed by atoms with van der Waals surface area (Å²) < 4.78 is 5.47. The van der Waals surface area contributed by atoms with Crippen molar-refractivity contribution in [3.8, 4) is 0 Å². The predicted molar refractivity (Wildman–Crippen MR) is 108 cm³/mol. The van der Waals surface area contributed by atoms with E-state index in [0.717, 1.165) is 51.6 Å². The molecular formula is C18H30IN3O. The number of nitrogens with one attached hydrogen (secondary N) is 1. The van der Waals surface area contributed by atoms with E-state index in [0.29, 0.717) is 5.92 Å². The second-order valence-corrected chi connectivity index (χ2v) is 5.90. The Balaban J connectivity index is 0.00000264.